The number of benzene rings is 1. The summed E-state index contributed by atoms with van der Waals surface area (Å²) in [6.45, 7) is 2.60. The highest BCUT2D eigenvalue weighted by atomic mass is 32.1. The highest BCUT2D eigenvalue weighted by Gasteiger charge is 2.14. The molecule has 0 fully saturated rings. The molecule has 0 amide bonds. The molecule has 4 heterocycles. The molecule has 0 aliphatic carbocycles. The van der Waals surface area contributed by atoms with Gasteiger partial charge in [0.25, 0.3) is 0 Å². The van der Waals surface area contributed by atoms with Crippen LogP contribution in [0.15, 0.2) is 66.4 Å². The van der Waals surface area contributed by atoms with E-state index in [0.29, 0.717) is 12.2 Å². The molecule has 0 aliphatic rings. The number of aromatic nitrogens is 5. The molecule has 6 nitrogen and oxygen atoms in total. The minimum Gasteiger partial charge on any atom is -0.356 e. The van der Waals surface area contributed by atoms with Crippen molar-refractivity contribution in [3.05, 3.63) is 83.6 Å². The maximum absolute atomic E-state index is 13.5. The first-order chi connectivity index (χ1) is 14.7. The lowest BCUT2D eigenvalue weighted by molar-refractivity contribution is 0.625. The van der Waals surface area contributed by atoms with Crippen molar-refractivity contribution in [2.45, 2.75) is 13.5 Å². The Kier molecular flexibility index (Phi) is 4.89. The highest BCUT2D eigenvalue weighted by Crippen LogP contribution is 2.32. The Bertz CT molecular complexity index is 1280. The van der Waals surface area contributed by atoms with Crippen LogP contribution in [0.5, 0.6) is 0 Å². The van der Waals surface area contributed by atoms with Crippen molar-refractivity contribution in [1.82, 2.24) is 24.3 Å². The second-order valence-electron chi connectivity index (χ2n) is 6.60. The van der Waals surface area contributed by atoms with Crippen LogP contribution in [-0.2, 0) is 6.54 Å². The molecule has 1 aromatic carbocycles. The fourth-order valence-electron chi connectivity index (χ4n) is 3.17. The Labute approximate surface area is 180 Å². The van der Waals surface area contributed by atoms with Gasteiger partial charge in [-0.2, -0.15) is 5.10 Å². The lowest BCUT2D eigenvalue weighted by atomic mass is 10.3. The summed E-state index contributed by atoms with van der Waals surface area (Å²) in [5.74, 6) is -0.285. The number of halogens is 1. The third-order valence-electron chi connectivity index (χ3n) is 4.57. The number of aryl methyl sites for hydroxylation is 1. The quantitative estimate of drug-likeness (QED) is 0.392. The van der Waals surface area contributed by atoms with Gasteiger partial charge in [-0.1, -0.05) is 17.4 Å². The molecule has 0 radical (unpaired) electrons. The third kappa shape index (κ3) is 3.64. The van der Waals surface area contributed by atoms with Gasteiger partial charge in [0.2, 0.25) is 0 Å². The second-order valence-corrected chi connectivity index (χ2v) is 8.47. The van der Waals surface area contributed by atoms with Crippen molar-refractivity contribution in [2.24, 2.45) is 0 Å². The van der Waals surface area contributed by atoms with Gasteiger partial charge in [-0.15, -0.1) is 11.3 Å². The molecule has 30 heavy (non-hydrogen) atoms. The van der Waals surface area contributed by atoms with Gasteiger partial charge in [0.05, 0.1) is 22.8 Å². The van der Waals surface area contributed by atoms with E-state index >= 15 is 0 Å². The van der Waals surface area contributed by atoms with Crippen LogP contribution >= 0.6 is 22.7 Å². The van der Waals surface area contributed by atoms with E-state index in [0.717, 1.165) is 32.2 Å². The van der Waals surface area contributed by atoms with Gasteiger partial charge in [-0.3, -0.25) is 4.57 Å². The molecule has 0 atom stereocenters. The smallest absolute Gasteiger partial charge is 0.193 e. The molecule has 0 unspecified atom stereocenters. The Morgan fingerprint density at radius 3 is 2.90 bits per heavy atom. The SMILES string of the molecule is Cc1nc(NCc2cccn2-c2nccs2)sc1-c1ccn(-c2cccc(F)c2)n1. The molecule has 0 bridgehead atoms. The summed E-state index contributed by atoms with van der Waals surface area (Å²) in [6.07, 6.45) is 5.64. The van der Waals surface area contributed by atoms with Gasteiger partial charge in [0.1, 0.15) is 11.5 Å². The van der Waals surface area contributed by atoms with E-state index in [1.165, 1.54) is 12.1 Å². The molecule has 9 heteroatoms. The number of hydrogen-bond acceptors (Lipinski definition) is 6. The molecule has 5 aromatic rings. The summed E-state index contributed by atoms with van der Waals surface area (Å²) in [5, 5.41) is 11.7. The largest absolute Gasteiger partial charge is 0.356 e. The number of rotatable bonds is 6. The van der Waals surface area contributed by atoms with E-state index in [9.17, 15) is 4.39 Å². The van der Waals surface area contributed by atoms with Crippen LogP contribution in [0.2, 0.25) is 0 Å². The Morgan fingerprint density at radius 2 is 2.07 bits per heavy atom. The summed E-state index contributed by atoms with van der Waals surface area (Å²) in [6, 6.07) is 12.4. The van der Waals surface area contributed by atoms with Gasteiger partial charge >= 0.3 is 0 Å². The van der Waals surface area contributed by atoms with E-state index in [-0.39, 0.29) is 5.82 Å². The van der Waals surface area contributed by atoms with Crippen LogP contribution in [0.1, 0.15) is 11.4 Å². The second kappa shape index (κ2) is 7.85. The Hall–Kier alpha value is -3.30. The zero-order valence-corrected chi connectivity index (χ0v) is 17.6. The summed E-state index contributed by atoms with van der Waals surface area (Å²) in [4.78, 5) is 10.0. The lowest BCUT2D eigenvalue weighted by Gasteiger charge is -2.06. The van der Waals surface area contributed by atoms with Gasteiger partial charge in [0.15, 0.2) is 10.3 Å². The van der Waals surface area contributed by atoms with E-state index in [1.807, 2.05) is 42.9 Å². The maximum Gasteiger partial charge on any atom is 0.193 e. The average Bonchev–Trinajstić information content (AvgIpc) is 3.52. The van der Waals surface area contributed by atoms with Crippen molar-refractivity contribution in [2.75, 3.05) is 5.32 Å². The van der Waals surface area contributed by atoms with Crippen LogP contribution in [0.3, 0.4) is 0 Å². The van der Waals surface area contributed by atoms with Crippen molar-refractivity contribution in [3.8, 4) is 21.4 Å². The lowest BCUT2D eigenvalue weighted by Crippen LogP contribution is -2.05. The fraction of sp³-hybridized carbons (Fsp3) is 0.0952. The Morgan fingerprint density at radius 1 is 1.13 bits per heavy atom. The molecule has 0 spiro atoms. The average molecular weight is 437 g/mol. The molecular formula is C21H17FN6S2. The predicted octanol–water partition coefficient (Wildman–Crippen LogP) is 5.30. The molecule has 1 N–H and O–H groups in total. The summed E-state index contributed by atoms with van der Waals surface area (Å²) >= 11 is 3.15. The first-order valence-corrected chi connectivity index (χ1v) is 11.0. The summed E-state index contributed by atoms with van der Waals surface area (Å²) in [5.41, 5.74) is 3.51. The standard InChI is InChI=1S/C21H17FN6S2/c1-14-19(18-7-10-28(26-18)16-5-2-4-15(22)12-16)30-20(25-14)24-13-17-6-3-9-27(17)21-23-8-11-29-21/h2-12H,13H2,1H3,(H,24,25). The summed E-state index contributed by atoms with van der Waals surface area (Å²) < 4.78 is 17.2. The molecule has 150 valence electrons. The Balaban J connectivity index is 1.34. The molecule has 0 aliphatic heterocycles. The van der Waals surface area contributed by atoms with Crippen LogP contribution in [0, 0.1) is 12.7 Å². The van der Waals surface area contributed by atoms with Gasteiger partial charge in [-0.05, 0) is 43.3 Å². The van der Waals surface area contributed by atoms with Crippen LogP contribution in [0.4, 0.5) is 9.52 Å². The van der Waals surface area contributed by atoms with Crippen molar-refractivity contribution in [1.29, 1.82) is 0 Å². The normalized spacial score (nSPS) is 11.1. The van der Waals surface area contributed by atoms with E-state index in [1.54, 1.807) is 39.6 Å². The van der Waals surface area contributed by atoms with Gasteiger partial charge in [-0.25, -0.2) is 19.0 Å². The van der Waals surface area contributed by atoms with Crippen LogP contribution in [-0.4, -0.2) is 24.3 Å². The zero-order valence-electron chi connectivity index (χ0n) is 16.0. The number of thiazole rings is 2. The minimum absolute atomic E-state index is 0.285. The zero-order chi connectivity index (χ0) is 20.5. The number of hydrogen-bond donors (Lipinski definition) is 1. The van der Waals surface area contributed by atoms with Crippen LogP contribution in [0.25, 0.3) is 21.4 Å². The predicted molar refractivity (Wildman–Crippen MR) is 118 cm³/mol. The molecule has 0 saturated heterocycles. The molecular weight excluding hydrogens is 419 g/mol. The number of nitrogens with one attached hydrogen (secondary N) is 1. The fourth-order valence-corrected chi connectivity index (χ4v) is 4.75. The van der Waals surface area contributed by atoms with Gasteiger partial charge in [0, 0.05) is 29.7 Å². The minimum atomic E-state index is -0.285. The molecule has 0 saturated carbocycles. The monoisotopic (exact) mass is 436 g/mol. The number of nitrogens with zero attached hydrogens (tertiary/aromatic N) is 5. The topological polar surface area (TPSA) is 60.6 Å². The van der Waals surface area contributed by atoms with E-state index in [4.69, 9.17) is 0 Å². The van der Waals surface area contributed by atoms with Crippen molar-refractivity contribution < 1.29 is 4.39 Å². The highest BCUT2D eigenvalue weighted by molar-refractivity contribution is 7.19. The molecule has 5 rings (SSSR count). The summed E-state index contributed by atoms with van der Waals surface area (Å²) in [7, 11) is 0. The van der Waals surface area contributed by atoms with E-state index in [2.05, 4.69) is 31.0 Å². The maximum atomic E-state index is 13.5. The third-order valence-corrected chi connectivity index (χ3v) is 6.48. The number of anilines is 1. The first-order valence-electron chi connectivity index (χ1n) is 9.27. The van der Waals surface area contributed by atoms with Crippen molar-refractivity contribution >= 4 is 27.8 Å². The van der Waals surface area contributed by atoms with E-state index < -0.39 is 0 Å². The van der Waals surface area contributed by atoms with Crippen molar-refractivity contribution in [3.63, 3.8) is 0 Å². The first kappa shape index (κ1) is 18.7. The van der Waals surface area contributed by atoms with Gasteiger partial charge < -0.3 is 5.32 Å². The van der Waals surface area contributed by atoms with Crippen LogP contribution < -0.4 is 5.32 Å². The molecule has 4 aromatic heterocycles.